The van der Waals surface area contributed by atoms with Crippen LogP contribution in [-0.2, 0) is 13.0 Å². The number of hydrogen-bond donors (Lipinski definition) is 0. The van der Waals surface area contributed by atoms with Gasteiger partial charge in [-0.1, -0.05) is 73.2 Å². The van der Waals surface area contributed by atoms with E-state index in [0.29, 0.717) is 11.1 Å². The third-order valence-electron chi connectivity index (χ3n) is 5.51. The van der Waals surface area contributed by atoms with Gasteiger partial charge in [0.15, 0.2) is 11.6 Å². The predicted octanol–water partition coefficient (Wildman–Crippen LogP) is 7.89. The third kappa shape index (κ3) is 4.54. The molecule has 4 heteroatoms. The molecule has 0 radical (unpaired) electrons. The van der Waals surface area contributed by atoms with Gasteiger partial charge in [0.05, 0.1) is 0 Å². The lowest BCUT2D eigenvalue weighted by Crippen LogP contribution is -2.00. The summed E-state index contributed by atoms with van der Waals surface area (Å²) < 4.78 is 49.1. The fraction of sp³-hybridized carbons (Fsp3) is 0.143. The van der Waals surface area contributed by atoms with Gasteiger partial charge in [-0.05, 0) is 53.8 Å². The zero-order valence-corrected chi connectivity index (χ0v) is 18.0. The van der Waals surface area contributed by atoms with Crippen LogP contribution in [0.15, 0.2) is 78.9 Å². The van der Waals surface area contributed by atoms with E-state index >= 15 is 0 Å². The van der Waals surface area contributed by atoms with E-state index in [2.05, 4.69) is 0 Å². The maximum Gasteiger partial charge on any atom is 0.201 e. The van der Waals surface area contributed by atoms with Crippen LogP contribution in [0.4, 0.5) is 13.2 Å². The molecule has 0 amide bonds. The maximum absolute atomic E-state index is 14.6. The molecular weight excluding hydrogens is 409 g/mol. The Labute approximate surface area is 186 Å². The van der Waals surface area contributed by atoms with Crippen LogP contribution >= 0.6 is 0 Å². The van der Waals surface area contributed by atoms with Gasteiger partial charge in [0.2, 0.25) is 5.82 Å². The average molecular weight is 432 g/mol. The van der Waals surface area contributed by atoms with Gasteiger partial charge in [-0.15, -0.1) is 0 Å². The van der Waals surface area contributed by atoms with E-state index < -0.39 is 11.6 Å². The molecule has 0 heterocycles. The molecule has 0 fully saturated rings. The van der Waals surface area contributed by atoms with E-state index in [1.165, 1.54) is 12.1 Å². The van der Waals surface area contributed by atoms with E-state index in [4.69, 9.17) is 4.74 Å². The molecule has 32 heavy (non-hydrogen) atoms. The topological polar surface area (TPSA) is 9.23 Å². The molecule has 0 saturated heterocycles. The Kier molecular flexibility index (Phi) is 6.31. The van der Waals surface area contributed by atoms with Crippen molar-refractivity contribution in [2.75, 3.05) is 0 Å². The summed E-state index contributed by atoms with van der Waals surface area (Å²) in [7, 11) is 0. The molecule has 4 rings (SSSR count). The van der Waals surface area contributed by atoms with Crippen molar-refractivity contribution >= 4 is 0 Å². The van der Waals surface area contributed by atoms with Gasteiger partial charge < -0.3 is 4.74 Å². The summed E-state index contributed by atoms with van der Waals surface area (Å²) >= 11 is 0. The first-order valence-corrected chi connectivity index (χ1v) is 10.5. The van der Waals surface area contributed by atoms with Crippen molar-refractivity contribution in [3.05, 3.63) is 113 Å². The van der Waals surface area contributed by atoms with Crippen molar-refractivity contribution in [1.29, 1.82) is 0 Å². The number of benzene rings is 4. The van der Waals surface area contributed by atoms with E-state index in [-0.39, 0.29) is 23.7 Å². The van der Waals surface area contributed by atoms with E-state index in [1.54, 1.807) is 48.5 Å². The number of hydrogen-bond acceptors (Lipinski definition) is 1. The number of ether oxygens (including phenoxy) is 1. The fourth-order valence-electron chi connectivity index (χ4n) is 3.55. The molecular formula is C28H23F3O. The van der Waals surface area contributed by atoms with Crippen molar-refractivity contribution in [2.45, 2.75) is 26.9 Å². The molecule has 0 aliphatic heterocycles. The predicted molar refractivity (Wildman–Crippen MR) is 122 cm³/mol. The highest BCUT2D eigenvalue weighted by molar-refractivity contribution is 5.66. The van der Waals surface area contributed by atoms with Crippen molar-refractivity contribution in [3.63, 3.8) is 0 Å². The molecule has 0 unspecified atom stereocenters. The van der Waals surface area contributed by atoms with Crippen molar-refractivity contribution in [2.24, 2.45) is 0 Å². The molecule has 162 valence electrons. The minimum atomic E-state index is -1.02. The summed E-state index contributed by atoms with van der Waals surface area (Å²) in [5.41, 5.74) is 4.81. The molecule has 4 aromatic carbocycles. The second-order valence-corrected chi connectivity index (χ2v) is 7.76. The normalized spacial score (nSPS) is 10.9. The number of rotatable bonds is 6. The Morgan fingerprint density at radius 2 is 1.25 bits per heavy atom. The van der Waals surface area contributed by atoms with Crippen LogP contribution in [0, 0.1) is 24.4 Å². The number of aryl methyl sites for hydroxylation is 2. The first kappa shape index (κ1) is 21.7. The highest BCUT2D eigenvalue weighted by Crippen LogP contribution is 2.31. The van der Waals surface area contributed by atoms with Gasteiger partial charge >= 0.3 is 0 Å². The van der Waals surface area contributed by atoms with Gasteiger partial charge in [0, 0.05) is 11.1 Å². The summed E-state index contributed by atoms with van der Waals surface area (Å²) in [5, 5.41) is 0. The minimum Gasteiger partial charge on any atom is -0.486 e. The van der Waals surface area contributed by atoms with Crippen molar-refractivity contribution < 1.29 is 17.9 Å². The summed E-state index contributed by atoms with van der Waals surface area (Å²) in [5.74, 6) is -2.37. The van der Waals surface area contributed by atoms with Crippen LogP contribution in [0.2, 0.25) is 0 Å². The number of halogens is 3. The van der Waals surface area contributed by atoms with Gasteiger partial charge in [-0.2, -0.15) is 4.39 Å². The van der Waals surface area contributed by atoms with Gasteiger partial charge in [0.25, 0.3) is 0 Å². The largest absolute Gasteiger partial charge is 0.486 e. The van der Waals surface area contributed by atoms with Crippen molar-refractivity contribution in [3.8, 4) is 28.0 Å². The molecule has 0 atom stereocenters. The third-order valence-corrected chi connectivity index (χ3v) is 5.51. The Morgan fingerprint density at radius 1 is 0.656 bits per heavy atom. The zero-order chi connectivity index (χ0) is 22.7. The quantitative estimate of drug-likeness (QED) is 0.301. The molecule has 0 aliphatic carbocycles. The van der Waals surface area contributed by atoms with Crippen LogP contribution in [0.25, 0.3) is 22.3 Å². The van der Waals surface area contributed by atoms with Gasteiger partial charge in [-0.3, -0.25) is 0 Å². The minimum absolute atomic E-state index is 0.0672. The Morgan fingerprint density at radius 3 is 1.91 bits per heavy atom. The lowest BCUT2D eigenvalue weighted by atomic mass is 10.0. The highest BCUT2D eigenvalue weighted by atomic mass is 19.2. The molecule has 1 nitrogen and oxygen atoms in total. The lowest BCUT2D eigenvalue weighted by molar-refractivity contribution is 0.285. The van der Waals surface area contributed by atoms with Crippen LogP contribution in [0.5, 0.6) is 5.75 Å². The van der Waals surface area contributed by atoms with Crippen molar-refractivity contribution in [1.82, 2.24) is 0 Å². The molecule has 0 N–H and O–H groups in total. The van der Waals surface area contributed by atoms with E-state index in [1.807, 2.05) is 32.0 Å². The Bertz CT molecular complexity index is 1230. The molecule has 0 aromatic heterocycles. The molecule has 4 aromatic rings. The SMILES string of the molecule is CCc1ccc(-c2ccc(COc3ccc(-c4ccc(C)cc4)c(F)c3F)cc2)c(F)c1. The monoisotopic (exact) mass is 432 g/mol. The fourth-order valence-corrected chi connectivity index (χ4v) is 3.55. The maximum atomic E-state index is 14.6. The Balaban J connectivity index is 1.48. The summed E-state index contributed by atoms with van der Waals surface area (Å²) in [6, 6.07) is 22.6. The summed E-state index contributed by atoms with van der Waals surface area (Å²) in [6.07, 6.45) is 0.774. The standard InChI is InChI=1S/C28H23F3O/c1-3-19-8-13-23(25(29)16-19)21-11-6-20(7-12-21)17-32-26-15-14-24(27(30)28(26)31)22-9-4-18(2)5-10-22/h4-16H,3,17H2,1-2H3. The second kappa shape index (κ2) is 9.31. The first-order chi connectivity index (χ1) is 15.5. The lowest BCUT2D eigenvalue weighted by Gasteiger charge is -2.11. The van der Waals surface area contributed by atoms with Gasteiger partial charge in [-0.25, -0.2) is 8.78 Å². The van der Waals surface area contributed by atoms with Crippen LogP contribution in [-0.4, -0.2) is 0 Å². The highest BCUT2D eigenvalue weighted by Gasteiger charge is 2.16. The Hall–Kier alpha value is -3.53. The zero-order valence-electron chi connectivity index (χ0n) is 18.0. The van der Waals surface area contributed by atoms with Crippen LogP contribution < -0.4 is 4.74 Å². The average Bonchev–Trinajstić information content (AvgIpc) is 2.81. The van der Waals surface area contributed by atoms with Gasteiger partial charge in [0.1, 0.15) is 12.4 Å². The molecule has 0 bridgehead atoms. The smallest absolute Gasteiger partial charge is 0.201 e. The molecule has 0 saturated carbocycles. The molecule has 0 spiro atoms. The van der Waals surface area contributed by atoms with Crippen LogP contribution in [0.3, 0.4) is 0 Å². The molecule has 0 aliphatic rings. The van der Waals surface area contributed by atoms with E-state index in [9.17, 15) is 13.2 Å². The first-order valence-electron chi connectivity index (χ1n) is 10.5. The summed E-state index contributed by atoms with van der Waals surface area (Å²) in [6.45, 7) is 3.98. The summed E-state index contributed by atoms with van der Waals surface area (Å²) in [4.78, 5) is 0. The van der Waals surface area contributed by atoms with E-state index in [0.717, 1.165) is 28.7 Å². The van der Waals surface area contributed by atoms with Crippen LogP contribution in [0.1, 0.15) is 23.6 Å². The second-order valence-electron chi connectivity index (χ2n) is 7.76.